The van der Waals surface area contributed by atoms with E-state index in [0.29, 0.717) is 32.7 Å². The Kier molecular flexibility index (Phi) is 8.06. The Bertz CT molecular complexity index is 1090. The van der Waals surface area contributed by atoms with Crippen molar-refractivity contribution in [3.63, 3.8) is 0 Å². The number of carbonyl (C=O) groups is 2. The van der Waals surface area contributed by atoms with Crippen molar-refractivity contribution < 1.29 is 27.9 Å². The van der Waals surface area contributed by atoms with E-state index >= 15 is 0 Å². The average Bonchev–Trinajstić information content (AvgIpc) is 2.82. The van der Waals surface area contributed by atoms with Gasteiger partial charge in [-0.1, -0.05) is 32.0 Å². The van der Waals surface area contributed by atoms with E-state index in [4.69, 9.17) is 4.74 Å². The van der Waals surface area contributed by atoms with Gasteiger partial charge < -0.3 is 9.84 Å². The molecule has 10 heteroatoms. The minimum absolute atomic E-state index is 0.0820. The third-order valence-electron chi connectivity index (χ3n) is 5.42. The second-order valence-corrected chi connectivity index (χ2v) is 10.0. The van der Waals surface area contributed by atoms with E-state index in [9.17, 15) is 23.1 Å². The number of rotatable bonds is 7. The molecule has 1 aliphatic heterocycles. The van der Waals surface area contributed by atoms with Gasteiger partial charge in [-0.3, -0.25) is 20.4 Å². The van der Waals surface area contributed by atoms with Gasteiger partial charge in [0.05, 0.1) is 23.7 Å². The molecule has 1 heterocycles. The van der Waals surface area contributed by atoms with Gasteiger partial charge in [0.1, 0.15) is 5.75 Å². The summed E-state index contributed by atoms with van der Waals surface area (Å²) >= 11 is 0. The highest BCUT2D eigenvalue weighted by atomic mass is 32.2. The zero-order valence-electron chi connectivity index (χ0n) is 18.7. The molecule has 0 radical (unpaired) electrons. The summed E-state index contributed by atoms with van der Waals surface area (Å²) in [6.07, 6.45) is 0.460. The molecule has 3 rings (SSSR count). The monoisotopic (exact) mass is 475 g/mol. The first-order valence-corrected chi connectivity index (χ1v) is 12.2. The van der Waals surface area contributed by atoms with E-state index in [1.165, 1.54) is 22.5 Å². The quantitative estimate of drug-likeness (QED) is 0.526. The summed E-state index contributed by atoms with van der Waals surface area (Å²) in [5.41, 5.74) is 6.42. The molecular weight excluding hydrogens is 446 g/mol. The molecule has 1 aliphatic rings. The number of benzene rings is 2. The number of ether oxygens (including phenoxy) is 1. The number of morpholine rings is 1. The van der Waals surface area contributed by atoms with Crippen LogP contribution < -0.4 is 10.9 Å². The molecule has 0 atom stereocenters. The molecule has 9 nitrogen and oxygen atoms in total. The molecule has 2 amide bonds. The van der Waals surface area contributed by atoms with Crippen LogP contribution in [0.25, 0.3) is 0 Å². The first-order valence-electron chi connectivity index (χ1n) is 10.8. The number of phenols is 1. The van der Waals surface area contributed by atoms with Crippen LogP contribution in [0.15, 0.2) is 47.4 Å². The zero-order chi connectivity index (χ0) is 24.0. The molecule has 3 N–H and O–H groups in total. The number of sulfonamides is 1. The molecule has 0 aliphatic carbocycles. The van der Waals surface area contributed by atoms with Gasteiger partial charge in [-0.2, -0.15) is 4.31 Å². The summed E-state index contributed by atoms with van der Waals surface area (Å²) in [6.45, 7) is 5.36. The Hall–Kier alpha value is -2.95. The van der Waals surface area contributed by atoms with Gasteiger partial charge in [-0.15, -0.1) is 0 Å². The fraction of sp³-hybridized carbons (Fsp3) is 0.391. The molecule has 2 aromatic rings. The molecule has 1 fully saturated rings. The van der Waals surface area contributed by atoms with Crippen LogP contribution in [0.5, 0.6) is 5.75 Å². The number of nitrogens with zero attached hydrogens (tertiary/aromatic N) is 1. The van der Waals surface area contributed by atoms with Crippen molar-refractivity contribution in [2.75, 3.05) is 26.3 Å². The molecule has 2 aromatic carbocycles. The molecule has 0 aromatic heterocycles. The van der Waals surface area contributed by atoms with E-state index in [-0.39, 0.29) is 28.5 Å². The topological polar surface area (TPSA) is 125 Å². The molecule has 0 unspecified atom stereocenters. The van der Waals surface area contributed by atoms with E-state index in [1.807, 2.05) is 13.8 Å². The second-order valence-electron chi connectivity index (χ2n) is 8.09. The first kappa shape index (κ1) is 24.7. The molecule has 0 bridgehead atoms. The summed E-state index contributed by atoms with van der Waals surface area (Å²) in [6, 6.07) is 11.2. The van der Waals surface area contributed by atoms with Crippen molar-refractivity contribution in [1.82, 2.24) is 15.2 Å². The minimum atomic E-state index is -3.56. The number of amides is 2. The van der Waals surface area contributed by atoms with E-state index in [0.717, 1.165) is 11.1 Å². The Morgan fingerprint density at radius 3 is 2.36 bits per heavy atom. The molecule has 33 heavy (non-hydrogen) atoms. The maximum Gasteiger partial charge on any atom is 0.273 e. The number of hydrogen-bond donors (Lipinski definition) is 3. The van der Waals surface area contributed by atoms with E-state index < -0.39 is 21.8 Å². The SMILES string of the molecule is CC(C)c1ccc(O)c(C(=O)NNC(=O)CCc2ccc(S(=O)(=O)N3CCOCC3)cc2)c1. The highest BCUT2D eigenvalue weighted by Gasteiger charge is 2.26. The highest BCUT2D eigenvalue weighted by molar-refractivity contribution is 7.89. The minimum Gasteiger partial charge on any atom is -0.507 e. The number of nitrogens with one attached hydrogen (secondary N) is 2. The van der Waals surface area contributed by atoms with Gasteiger partial charge >= 0.3 is 0 Å². The smallest absolute Gasteiger partial charge is 0.273 e. The Labute approximate surface area is 193 Å². The lowest BCUT2D eigenvalue weighted by atomic mass is 10.00. The van der Waals surface area contributed by atoms with Gasteiger partial charge in [-0.25, -0.2) is 8.42 Å². The second kappa shape index (κ2) is 10.8. The van der Waals surface area contributed by atoms with Crippen molar-refractivity contribution in [2.45, 2.75) is 37.5 Å². The lowest BCUT2D eigenvalue weighted by Crippen LogP contribution is -2.41. The van der Waals surface area contributed by atoms with Crippen LogP contribution in [0.2, 0.25) is 0 Å². The molecule has 178 valence electrons. The molecular formula is C23H29N3O6S. The third kappa shape index (κ3) is 6.31. The summed E-state index contributed by atoms with van der Waals surface area (Å²) < 4.78 is 31.9. The average molecular weight is 476 g/mol. The van der Waals surface area contributed by atoms with Crippen molar-refractivity contribution in [1.29, 1.82) is 0 Å². The van der Waals surface area contributed by atoms with Gasteiger partial charge in [-0.05, 0) is 47.7 Å². The molecule has 0 saturated carbocycles. The number of aryl methyl sites for hydroxylation is 1. The van der Waals surface area contributed by atoms with Gasteiger partial charge in [0.2, 0.25) is 15.9 Å². The fourth-order valence-corrected chi connectivity index (χ4v) is 4.78. The van der Waals surface area contributed by atoms with E-state index in [2.05, 4.69) is 10.9 Å². The first-order chi connectivity index (χ1) is 15.7. The van der Waals surface area contributed by atoms with Crippen LogP contribution in [0.3, 0.4) is 0 Å². The number of carbonyl (C=O) groups excluding carboxylic acids is 2. The van der Waals surface area contributed by atoms with Crippen LogP contribution in [0.4, 0.5) is 0 Å². The van der Waals surface area contributed by atoms with Gasteiger partial charge in [0.15, 0.2) is 0 Å². The number of phenolic OH excluding ortho intramolecular Hbond substituents is 1. The summed E-state index contributed by atoms with van der Waals surface area (Å²) in [5.74, 6) is -1.01. The highest BCUT2D eigenvalue weighted by Crippen LogP contribution is 2.23. The Balaban J connectivity index is 1.51. The predicted molar refractivity (Wildman–Crippen MR) is 122 cm³/mol. The van der Waals surface area contributed by atoms with Crippen molar-refractivity contribution in [2.24, 2.45) is 0 Å². The van der Waals surface area contributed by atoms with Crippen LogP contribution >= 0.6 is 0 Å². The lowest BCUT2D eigenvalue weighted by molar-refractivity contribution is -0.121. The van der Waals surface area contributed by atoms with Crippen LogP contribution in [0, 0.1) is 0 Å². The van der Waals surface area contributed by atoms with Gasteiger partial charge in [0.25, 0.3) is 5.91 Å². The fourth-order valence-electron chi connectivity index (χ4n) is 3.37. The standard InChI is InChI=1S/C23H29N3O6S/c1-16(2)18-6-9-21(27)20(15-18)23(29)25-24-22(28)10-5-17-3-7-19(8-4-17)33(30,31)26-11-13-32-14-12-26/h3-4,6-9,15-16,27H,5,10-14H2,1-2H3,(H,24,28)(H,25,29). The third-order valence-corrected chi connectivity index (χ3v) is 7.33. The van der Waals surface area contributed by atoms with Crippen LogP contribution in [-0.4, -0.2) is 55.9 Å². The van der Waals surface area contributed by atoms with E-state index in [1.54, 1.807) is 24.3 Å². The van der Waals surface area contributed by atoms with Crippen LogP contribution in [-0.2, 0) is 26.0 Å². The van der Waals surface area contributed by atoms with Crippen molar-refractivity contribution in [3.8, 4) is 5.75 Å². The maximum absolute atomic E-state index is 12.7. The van der Waals surface area contributed by atoms with Gasteiger partial charge in [0, 0.05) is 19.5 Å². The molecule has 0 spiro atoms. The lowest BCUT2D eigenvalue weighted by Gasteiger charge is -2.26. The largest absolute Gasteiger partial charge is 0.507 e. The number of hydrazine groups is 1. The zero-order valence-corrected chi connectivity index (χ0v) is 19.5. The Morgan fingerprint density at radius 1 is 1.06 bits per heavy atom. The van der Waals surface area contributed by atoms with Crippen molar-refractivity contribution in [3.05, 3.63) is 59.2 Å². The normalized spacial score (nSPS) is 14.8. The molecule has 1 saturated heterocycles. The summed E-state index contributed by atoms with van der Waals surface area (Å²) in [7, 11) is -3.56. The Morgan fingerprint density at radius 2 is 1.73 bits per heavy atom. The summed E-state index contributed by atoms with van der Waals surface area (Å²) in [5, 5.41) is 9.94. The number of hydrogen-bond acceptors (Lipinski definition) is 6. The maximum atomic E-state index is 12.7. The number of aromatic hydroxyl groups is 1. The van der Waals surface area contributed by atoms with Crippen molar-refractivity contribution >= 4 is 21.8 Å². The predicted octanol–water partition coefficient (Wildman–Crippen LogP) is 1.93. The summed E-state index contributed by atoms with van der Waals surface area (Å²) in [4.78, 5) is 24.7. The van der Waals surface area contributed by atoms with Crippen LogP contribution in [0.1, 0.15) is 47.7 Å².